The lowest BCUT2D eigenvalue weighted by Crippen LogP contribution is -2.55. The fourth-order valence-electron chi connectivity index (χ4n) is 3.54. The van der Waals surface area contributed by atoms with Crippen LogP contribution in [0.15, 0.2) is 23.3 Å². The zero-order valence-electron chi connectivity index (χ0n) is 14.8. The number of hydrazone groups is 1. The maximum atomic E-state index is 12.8. The molecule has 1 aromatic carbocycles. The molecule has 7 heteroatoms. The van der Waals surface area contributed by atoms with Crippen LogP contribution < -0.4 is 10.4 Å². The molecule has 1 saturated heterocycles. The number of hydrogen-bond acceptors (Lipinski definition) is 4. The smallest absolute Gasteiger partial charge is 0.282 e. The number of nitrogens with zero attached hydrogens (tertiary/aromatic N) is 3. The van der Waals surface area contributed by atoms with E-state index in [0.29, 0.717) is 34.4 Å². The van der Waals surface area contributed by atoms with Gasteiger partial charge in [-0.1, -0.05) is 36.5 Å². The molecule has 0 spiro atoms. The van der Waals surface area contributed by atoms with Crippen LogP contribution in [0.25, 0.3) is 0 Å². The number of rotatable bonds is 3. The minimum atomic E-state index is -0.124. The van der Waals surface area contributed by atoms with Crippen LogP contribution in [0, 0.1) is 5.92 Å². The van der Waals surface area contributed by atoms with Gasteiger partial charge < -0.3 is 0 Å². The number of halogens is 2. The molecular formula is C18H24Cl2N4O. The summed E-state index contributed by atoms with van der Waals surface area (Å²) in [7, 11) is 0. The van der Waals surface area contributed by atoms with Crippen molar-refractivity contribution in [2.75, 3.05) is 11.6 Å². The van der Waals surface area contributed by atoms with Gasteiger partial charge in [0.15, 0.2) is 0 Å². The topological polar surface area (TPSA) is 47.9 Å². The van der Waals surface area contributed by atoms with Crippen LogP contribution in [0.4, 0.5) is 5.69 Å². The van der Waals surface area contributed by atoms with Crippen molar-refractivity contribution in [1.82, 2.24) is 10.4 Å². The molecule has 2 aliphatic heterocycles. The Morgan fingerprint density at radius 2 is 1.88 bits per heavy atom. The summed E-state index contributed by atoms with van der Waals surface area (Å²) in [6, 6.07) is 5.97. The highest BCUT2D eigenvalue weighted by atomic mass is 35.5. The van der Waals surface area contributed by atoms with Crippen molar-refractivity contribution in [3.63, 3.8) is 0 Å². The fraction of sp³-hybridized carbons (Fsp3) is 0.556. The number of nitrogens with one attached hydrogen (secondary N) is 1. The summed E-state index contributed by atoms with van der Waals surface area (Å²) in [6.07, 6.45) is 3.40. The standard InChI is InChI=1S/C18H24Cl2N4O/c1-11-10-23(16-8-7-14(19)9-15(16)20)21-17(11)18(25)22-24-12(2)5-4-6-13(24)3/h7-9,11-13H,4-6,10H2,1-3H3,(H,22,25). The lowest BCUT2D eigenvalue weighted by molar-refractivity contribution is -0.122. The molecule has 2 heterocycles. The van der Waals surface area contributed by atoms with E-state index >= 15 is 0 Å². The van der Waals surface area contributed by atoms with E-state index < -0.39 is 0 Å². The van der Waals surface area contributed by atoms with Gasteiger partial charge >= 0.3 is 0 Å². The van der Waals surface area contributed by atoms with Gasteiger partial charge in [0.05, 0.1) is 17.3 Å². The van der Waals surface area contributed by atoms with Crippen LogP contribution >= 0.6 is 23.2 Å². The van der Waals surface area contributed by atoms with Crippen LogP contribution in [0.1, 0.15) is 40.0 Å². The number of hydrogen-bond donors (Lipinski definition) is 1. The number of hydrazine groups is 1. The third kappa shape index (κ3) is 3.94. The van der Waals surface area contributed by atoms with Crippen molar-refractivity contribution in [3.05, 3.63) is 28.2 Å². The molecule has 1 fully saturated rings. The number of amides is 1. The van der Waals surface area contributed by atoms with E-state index in [2.05, 4.69) is 29.4 Å². The first-order chi connectivity index (χ1) is 11.9. The minimum Gasteiger partial charge on any atom is -0.283 e. The molecule has 3 unspecified atom stereocenters. The normalized spacial score (nSPS) is 27.3. The van der Waals surface area contributed by atoms with Crippen LogP contribution in [0.5, 0.6) is 0 Å². The van der Waals surface area contributed by atoms with Crippen LogP contribution in [-0.2, 0) is 4.79 Å². The van der Waals surface area contributed by atoms with Gasteiger partial charge in [-0.05, 0) is 44.9 Å². The van der Waals surface area contributed by atoms with Crippen LogP contribution in [-0.4, -0.2) is 35.3 Å². The minimum absolute atomic E-state index is 0.0298. The molecule has 0 aliphatic carbocycles. The van der Waals surface area contributed by atoms with Crippen molar-refractivity contribution >= 4 is 40.5 Å². The first-order valence-corrected chi connectivity index (χ1v) is 9.52. The van der Waals surface area contributed by atoms with Crippen LogP contribution in [0.2, 0.25) is 10.0 Å². The second-order valence-electron chi connectivity index (χ2n) is 7.04. The maximum absolute atomic E-state index is 12.8. The second kappa shape index (κ2) is 7.52. The molecule has 1 amide bonds. The fourth-order valence-corrected chi connectivity index (χ4v) is 4.05. The third-order valence-electron chi connectivity index (χ3n) is 4.99. The zero-order chi connectivity index (χ0) is 18.1. The van der Waals surface area contributed by atoms with E-state index in [4.69, 9.17) is 23.2 Å². The van der Waals surface area contributed by atoms with Gasteiger partial charge in [-0.15, -0.1) is 0 Å². The lowest BCUT2D eigenvalue weighted by atomic mass is 9.99. The zero-order valence-corrected chi connectivity index (χ0v) is 16.3. The van der Waals surface area contributed by atoms with Gasteiger partial charge in [-0.2, -0.15) is 5.10 Å². The molecule has 1 N–H and O–H groups in total. The summed E-state index contributed by atoms with van der Waals surface area (Å²) in [6.45, 7) is 6.92. The Labute approximate surface area is 158 Å². The first kappa shape index (κ1) is 18.5. The molecule has 5 nitrogen and oxygen atoms in total. The van der Waals surface area contributed by atoms with Gasteiger partial charge in [-0.25, -0.2) is 5.01 Å². The van der Waals surface area contributed by atoms with E-state index in [1.54, 1.807) is 17.1 Å². The third-order valence-corrected chi connectivity index (χ3v) is 5.52. The molecule has 25 heavy (non-hydrogen) atoms. The highest BCUT2D eigenvalue weighted by molar-refractivity contribution is 6.40. The summed E-state index contributed by atoms with van der Waals surface area (Å²) >= 11 is 12.2. The molecule has 2 aliphatic rings. The number of anilines is 1. The summed E-state index contributed by atoms with van der Waals surface area (Å²) < 4.78 is 0. The Bertz CT molecular complexity index is 684. The molecule has 0 radical (unpaired) electrons. The van der Waals surface area contributed by atoms with E-state index in [1.807, 2.05) is 13.0 Å². The molecule has 136 valence electrons. The number of benzene rings is 1. The number of carbonyl (C=O) groups excluding carboxylic acids is 1. The number of carbonyl (C=O) groups is 1. The Balaban J connectivity index is 1.75. The number of piperidine rings is 1. The SMILES string of the molecule is CC1CN(c2ccc(Cl)cc2Cl)N=C1C(=O)NN1C(C)CCCC1C. The van der Waals surface area contributed by atoms with E-state index in [0.717, 1.165) is 18.5 Å². The van der Waals surface area contributed by atoms with Crippen molar-refractivity contribution < 1.29 is 4.79 Å². The van der Waals surface area contributed by atoms with Gasteiger partial charge in [0, 0.05) is 23.0 Å². The molecule has 3 atom stereocenters. The van der Waals surface area contributed by atoms with Crippen LogP contribution in [0.3, 0.4) is 0 Å². The second-order valence-corrected chi connectivity index (χ2v) is 7.88. The largest absolute Gasteiger partial charge is 0.283 e. The molecule has 0 saturated carbocycles. The summed E-state index contributed by atoms with van der Waals surface area (Å²) in [5.74, 6) is -0.0946. The quantitative estimate of drug-likeness (QED) is 0.855. The average Bonchev–Trinajstić information content (AvgIpc) is 2.92. The van der Waals surface area contributed by atoms with E-state index in [-0.39, 0.29) is 11.8 Å². The molecular weight excluding hydrogens is 359 g/mol. The van der Waals surface area contributed by atoms with Gasteiger partial charge in [0.25, 0.3) is 5.91 Å². The molecule has 0 aromatic heterocycles. The Morgan fingerprint density at radius 3 is 2.52 bits per heavy atom. The Kier molecular flexibility index (Phi) is 5.56. The molecule has 3 rings (SSSR count). The predicted octanol–water partition coefficient (Wildman–Crippen LogP) is 4.10. The highest BCUT2D eigenvalue weighted by Gasteiger charge is 2.33. The summed E-state index contributed by atoms with van der Waals surface area (Å²) in [4.78, 5) is 12.8. The monoisotopic (exact) mass is 382 g/mol. The predicted molar refractivity (Wildman–Crippen MR) is 103 cm³/mol. The molecule has 0 bridgehead atoms. The van der Waals surface area contributed by atoms with E-state index in [1.165, 1.54) is 6.42 Å². The van der Waals surface area contributed by atoms with Gasteiger partial charge in [0.2, 0.25) is 0 Å². The molecule has 1 aromatic rings. The Hall–Kier alpha value is -1.30. The van der Waals surface area contributed by atoms with Crippen molar-refractivity contribution in [2.24, 2.45) is 11.0 Å². The van der Waals surface area contributed by atoms with Crippen molar-refractivity contribution in [3.8, 4) is 0 Å². The Morgan fingerprint density at radius 1 is 1.20 bits per heavy atom. The van der Waals surface area contributed by atoms with Gasteiger partial charge in [0.1, 0.15) is 5.71 Å². The maximum Gasteiger partial charge on any atom is 0.282 e. The summed E-state index contributed by atoms with van der Waals surface area (Å²) in [5, 5.41) is 9.49. The first-order valence-electron chi connectivity index (χ1n) is 8.77. The summed E-state index contributed by atoms with van der Waals surface area (Å²) in [5.41, 5.74) is 4.37. The lowest BCUT2D eigenvalue weighted by Gasteiger charge is -2.38. The van der Waals surface area contributed by atoms with Crippen molar-refractivity contribution in [1.29, 1.82) is 0 Å². The van der Waals surface area contributed by atoms with E-state index in [9.17, 15) is 4.79 Å². The average molecular weight is 383 g/mol. The highest BCUT2D eigenvalue weighted by Crippen LogP contribution is 2.32. The van der Waals surface area contributed by atoms with Gasteiger partial charge in [-0.3, -0.25) is 15.2 Å². The van der Waals surface area contributed by atoms with Crippen molar-refractivity contribution in [2.45, 2.75) is 52.1 Å².